The Hall–Kier alpha value is -1.55. The first-order valence-electron chi connectivity index (χ1n) is 5.72. The second kappa shape index (κ2) is 5.19. The standard InChI is InChI=1S/C13H16O4/c1-3-8-16-13(14)12-11(17-12)9-4-6-10(15-2)7-5-9/h4-7,11-12H,3,8H2,1-2H3. The summed E-state index contributed by atoms with van der Waals surface area (Å²) in [7, 11) is 1.62. The van der Waals surface area contributed by atoms with Crippen molar-refractivity contribution in [3.8, 4) is 5.75 Å². The van der Waals surface area contributed by atoms with Crippen LogP contribution < -0.4 is 4.74 Å². The molecule has 17 heavy (non-hydrogen) atoms. The molecular weight excluding hydrogens is 220 g/mol. The van der Waals surface area contributed by atoms with E-state index in [1.54, 1.807) is 7.11 Å². The lowest BCUT2D eigenvalue weighted by atomic mass is 10.1. The first kappa shape index (κ1) is 11.9. The summed E-state index contributed by atoms with van der Waals surface area (Å²) in [6, 6.07) is 7.50. The van der Waals surface area contributed by atoms with Gasteiger partial charge >= 0.3 is 5.97 Å². The summed E-state index contributed by atoms with van der Waals surface area (Å²) in [5.41, 5.74) is 0.976. The Morgan fingerprint density at radius 1 is 1.35 bits per heavy atom. The molecule has 0 aliphatic carbocycles. The van der Waals surface area contributed by atoms with Crippen molar-refractivity contribution in [1.29, 1.82) is 0 Å². The summed E-state index contributed by atoms with van der Waals surface area (Å²) in [5.74, 6) is 0.521. The lowest BCUT2D eigenvalue weighted by Gasteiger charge is -2.01. The van der Waals surface area contributed by atoms with Crippen molar-refractivity contribution in [3.63, 3.8) is 0 Å². The highest BCUT2D eigenvalue weighted by atomic mass is 16.6. The van der Waals surface area contributed by atoms with Crippen molar-refractivity contribution < 1.29 is 19.0 Å². The van der Waals surface area contributed by atoms with Crippen LogP contribution in [0.5, 0.6) is 5.75 Å². The second-order valence-corrected chi connectivity index (χ2v) is 3.92. The van der Waals surface area contributed by atoms with Gasteiger partial charge in [0.15, 0.2) is 6.10 Å². The Morgan fingerprint density at radius 3 is 2.65 bits per heavy atom. The highest BCUT2D eigenvalue weighted by Gasteiger charge is 2.47. The minimum atomic E-state index is -0.435. The Morgan fingerprint density at radius 2 is 2.06 bits per heavy atom. The summed E-state index contributed by atoms with van der Waals surface area (Å²) in [5, 5.41) is 0. The summed E-state index contributed by atoms with van der Waals surface area (Å²) in [6.07, 6.45) is 0.228. The van der Waals surface area contributed by atoms with Crippen molar-refractivity contribution in [1.82, 2.24) is 0 Å². The van der Waals surface area contributed by atoms with Crippen LogP contribution in [0.25, 0.3) is 0 Å². The fourth-order valence-electron chi connectivity index (χ4n) is 1.62. The predicted molar refractivity (Wildman–Crippen MR) is 61.9 cm³/mol. The van der Waals surface area contributed by atoms with Crippen LogP contribution >= 0.6 is 0 Å². The highest BCUT2D eigenvalue weighted by molar-refractivity contribution is 5.78. The molecule has 1 fully saturated rings. The van der Waals surface area contributed by atoms with E-state index in [2.05, 4.69) is 0 Å². The number of hydrogen-bond acceptors (Lipinski definition) is 4. The maximum absolute atomic E-state index is 11.5. The number of epoxide rings is 1. The molecule has 1 aromatic carbocycles. The maximum Gasteiger partial charge on any atom is 0.338 e. The number of rotatable bonds is 5. The molecule has 0 amide bonds. The quantitative estimate of drug-likeness (QED) is 0.580. The largest absolute Gasteiger partial charge is 0.497 e. The summed E-state index contributed by atoms with van der Waals surface area (Å²) in [4.78, 5) is 11.5. The van der Waals surface area contributed by atoms with E-state index in [0.29, 0.717) is 6.61 Å². The molecule has 0 N–H and O–H groups in total. The minimum absolute atomic E-state index is 0.162. The van der Waals surface area contributed by atoms with Crippen molar-refractivity contribution >= 4 is 5.97 Å². The van der Waals surface area contributed by atoms with Gasteiger partial charge in [-0.3, -0.25) is 0 Å². The van der Waals surface area contributed by atoms with Crippen LogP contribution in [0.2, 0.25) is 0 Å². The number of carbonyl (C=O) groups is 1. The van der Waals surface area contributed by atoms with E-state index >= 15 is 0 Å². The smallest absolute Gasteiger partial charge is 0.338 e. The average Bonchev–Trinajstić information content (AvgIpc) is 3.16. The van der Waals surface area contributed by atoms with Gasteiger partial charge in [-0.1, -0.05) is 19.1 Å². The van der Waals surface area contributed by atoms with Gasteiger partial charge < -0.3 is 14.2 Å². The lowest BCUT2D eigenvalue weighted by molar-refractivity contribution is -0.145. The Balaban J connectivity index is 1.90. The van der Waals surface area contributed by atoms with Crippen molar-refractivity contribution in [2.75, 3.05) is 13.7 Å². The van der Waals surface area contributed by atoms with E-state index in [-0.39, 0.29) is 12.1 Å². The fourth-order valence-corrected chi connectivity index (χ4v) is 1.62. The molecule has 0 spiro atoms. The first-order valence-corrected chi connectivity index (χ1v) is 5.72. The maximum atomic E-state index is 11.5. The molecule has 1 saturated heterocycles. The molecule has 0 aromatic heterocycles. The van der Waals surface area contributed by atoms with Crippen molar-refractivity contribution in [3.05, 3.63) is 29.8 Å². The van der Waals surface area contributed by atoms with Gasteiger partial charge in [-0.05, 0) is 24.1 Å². The number of benzene rings is 1. The molecule has 0 bridgehead atoms. The zero-order valence-corrected chi connectivity index (χ0v) is 10.0. The molecule has 0 radical (unpaired) electrons. The summed E-state index contributed by atoms with van der Waals surface area (Å²) >= 11 is 0. The Kier molecular flexibility index (Phi) is 3.64. The van der Waals surface area contributed by atoms with E-state index in [0.717, 1.165) is 17.7 Å². The topological polar surface area (TPSA) is 48.1 Å². The van der Waals surface area contributed by atoms with Crippen LogP contribution in [0, 0.1) is 0 Å². The Labute approximate surface area is 100 Å². The molecule has 1 heterocycles. The van der Waals surface area contributed by atoms with Crippen LogP contribution in [0.3, 0.4) is 0 Å². The monoisotopic (exact) mass is 236 g/mol. The average molecular weight is 236 g/mol. The number of methoxy groups -OCH3 is 1. The lowest BCUT2D eigenvalue weighted by Crippen LogP contribution is -2.12. The van der Waals surface area contributed by atoms with Gasteiger partial charge in [0.1, 0.15) is 11.9 Å². The van der Waals surface area contributed by atoms with E-state index < -0.39 is 6.10 Å². The van der Waals surface area contributed by atoms with Crippen molar-refractivity contribution in [2.45, 2.75) is 25.6 Å². The van der Waals surface area contributed by atoms with Crippen LogP contribution in [0.1, 0.15) is 25.0 Å². The Bertz CT molecular complexity index is 385. The van der Waals surface area contributed by atoms with Crippen LogP contribution in [-0.4, -0.2) is 25.8 Å². The van der Waals surface area contributed by atoms with Gasteiger partial charge in [-0.25, -0.2) is 4.79 Å². The minimum Gasteiger partial charge on any atom is -0.497 e. The normalized spacial score (nSPS) is 22.0. The zero-order chi connectivity index (χ0) is 12.3. The van der Waals surface area contributed by atoms with Gasteiger partial charge in [-0.2, -0.15) is 0 Å². The fraction of sp³-hybridized carbons (Fsp3) is 0.462. The van der Waals surface area contributed by atoms with Gasteiger partial charge in [0, 0.05) is 0 Å². The highest BCUT2D eigenvalue weighted by Crippen LogP contribution is 2.39. The summed E-state index contributed by atoms with van der Waals surface area (Å²) < 4.78 is 15.4. The molecule has 92 valence electrons. The van der Waals surface area contributed by atoms with Crippen molar-refractivity contribution in [2.24, 2.45) is 0 Å². The molecule has 1 aliphatic heterocycles. The molecule has 4 nitrogen and oxygen atoms in total. The van der Waals surface area contributed by atoms with E-state index in [4.69, 9.17) is 14.2 Å². The van der Waals surface area contributed by atoms with Crippen LogP contribution in [0.4, 0.5) is 0 Å². The summed E-state index contributed by atoms with van der Waals surface area (Å²) in [6.45, 7) is 2.41. The molecule has 2 rings (SSSR count). The predicted octanol–water partition coefficient (Wildman–Crippen LogP) is 2.09. The molecule has 0 saturated carbocycles. The van der Waals surface area contributed by atoms with Crippen LogP contribution in [-0.2, 0) is 14.3 Å². The van der Waals surface area contributed by atoms with Gasteiger partial charge in [-0.15, -0.1) is 0 Å². The molecule has 2 atom stereocenters. The third-order valence-corrected chi connectivity index (χ3v) is 2.62. The third kappa shape index (κ3) is 2.77. The van der Waals surface area contributed by atoms with Gasteiger partial charge in [0.2, 0.25) is 0 Å². The third-order valence-electron chi connectivity index (χ3n) is 2.62. The SMILES string of the molecule is CCCOC(=O)C1OC1c1ccc(OC)cc1. The zero-order valence-electron chi connectivity index (χ0n) is 10.0. The number of carbonyl (C=O) groups excluding carboxylic acids is 1. The molecule has 4 heteroatoms. The van der Waals surface area contributed by atoms with Gasteiger partial charge in [0.05, 0.1) is 13.7 Å². The molecular formula is C13H16O4. The van der Waals surface area contributed by atoms with E-state index in [9.17, 15) is 4.79 Å². The molecule has 1 aromatic rings. The van der Waals surface area contributed by atoms with E-state index in [1.165, 1.54) is 0 Å². The number of hydrogen-bond donors (Lipinski definition) is 0. The number of ether oxygens (including phenoxy) is 3. The molecule has 2 unspecified atom stereocenters. The number of esters is 1. The second-order valence-electron chi connectivity index (χ2n) is 3.92. The van der Waals surface area contributed by atoms with Crippen LogP contribution in [0.15, 0.2) is 24.3 Å². The first-order chi connectivity index (χ1) is 8.26. The van der Waals surface area contributed by atoms with Gasteiger partial charge in [0.25, 0.3) is 0 Å². The van der Waals surface area contributed by atoms with E-state index in [1.807, 2.05) is 31.2 Å². The molecule has 1 aliphatic rings.